The fraction of sp³-hybridized carbons (Fsp3) is 0.417. The van der Waals surface area contributed by atoms with E-state index in [-0.39, 0.29) is 6.04 Å². The molecule has 100 valence electrons. The van der Waals surface area contributed by atoms with Crippen LogP contribution in [-0.4, -0.2) is 35.9 Å². The lowest BCUT2D eigenvalue weighted by Crippen LogP contribution is -2.23. The molecule has 1 aromatic heterocycles. The van der Waals surface area contributed by atoms with Crippen molar-refractivity contribution in [3.8, 4) is 11.4 Å². The Kier molecular flexibility index (Phi) is 3.29. The number of hydrogen-bond donors (Lipinski definition) is 1. The number of rotatable bonds is 2. The van der Waals surface area contributed by atoms with Crippen molar-refractivity contribution in [2.75, 3.05) is 17.2 Å². The van der Waals surface area contributed by atoms with Crippen LogP contribution in [0.25, 0.3) is 11.4 Å². The summed E-state index contributed by atoms with van der Waals surface area (Å²) in [7, 11) is -0.685. The zero-order valence-electron chi connectivity index (χ0n) is 10.4. The molecule has 0 spiro atoms. The number of aromatic nitrogens is 4. The lowest BCUT2D eigenvalue weighted by Gasteiger charge is -2.22. The first-order valence-electron chi connectivity index (χ1n) is 6.23. The van der Waals surface area contributed by atoms with Crippen LogP contribution in [0.5, 0.6) is 0 Å². The van der Waals surface area contributed by atoms with E-state index < -0.39 is 10.8 Å². The summed E-state index contributed by atoms with van der Waals surface area (Å²) in [5, 5.41) is 11.9. The van der Waals surface area contributed by atoms with Crippen molar-refractivity contribution >= 4 is 16.5 Å². The summed E-state index contributed by atoms with van der Waals surface area (Å²) in [6.45, 7) is 0. The van der Waals surface area contributed by atoms with E-state index in [0.29, 0.717) is 23.0 Å². The first kappa shape index (κ1) is 12.3. The molecule has 0 amide bonds. The van der Waals surface area contributed by atoms with Gasteiger partial charge in [-0.2, -0.15) is 0 Å². The molecule has 19 heavy (non-hydrogen) atoms. The highest BCUT2D eigenvalue weighted by Gasteiger charge is 2.24. The van der Waals surface area contributed by atoms with Gasteiger partial charge in [-0.15, -0.1) is 5.10 Å². The van der Waals surface area contributed by atoms with Gasteiger partial charge in [0.1, 0.15) is 0 Å². The molecular formula is C12H15N5OS. The zero-order valence-corrected chi connectivity index (χ0v) is 11.2. The molecule has 1 aliphatic heterocycles. The van der Waals surface area contributed by atoms with E-state index in [0.717, 1.165) is 18.4 Å². The van der Waals surface area contributed by atoms with Gasteiger partial charge in [0.25, 0.3) is 0 Å². The van der Waals surface area contributed by atoms with Crippen LogP contribution >= 0.6 is 0 Å². The summed E-state index contributed by atoms with van der Waals surface area (Å²) >= 11 is 0. The van der Waals surface area contributed by atoms with Crippen LogP contribution in [0.3, 0.4) is 0 Å². The third-order valence-electron chi connectivity index (χ3n) is 3.40. The number of nitrogens with two attached hydrogens (primary N) is 1. The maximum absolute atomic E-state index is 11.4. The van der Waals surface area contributed by atoms with Crippen molar-refractivity contribution < 1.29 is 4.21 Å². The standard InChI is InChI=1S/C12H15N5OS/c13-11-4-2-1-3-10(11)12-14-15-16-17(12)9-5-7-19(18)8-6-9/h1-4,9H,5-8,13H2. The SMILES string of the molecule is Nc1ccccc1-c1nnnn1C1CCS(=O)CC1. The summed E-state index contributed by atoms with van der Waals surface area (Å²) < 4.78 is 13.2. The molecule has 1 aromatic carbocycles. The maximum Gasteiger partial charge on any atom is 0.184 e. The lowest BCUT2D eigenvalue weighted by molar-refractivity contribution is 0.415. The van der Waals surface area contributed by atoms with Crippen LogP contribution in [0.1, 0.15) is 18.9 Å². The van der Waals surface area contributed by atoms with E-state index in [2.05, 4.69) is 15.5 Å². The summed E-state index contributed by atoms with van der Waals surface area (Å²) in [5.41, 5.74) is 7.49. The molecule has 0 saturated carbocycles. The van der Waals surface area contributed by atoms with Gasteiger partial charge in [-0.3, -0.25) is 4.21 Å². The van der Waals surface area contributed by atoms with E-state index in [1.165, 1.54) is 0 Å². The van der Waals surface area contributed by atoms with E-state index >= 15 is 0 Å². The summed E-state index contributed by atoms with van der Waals surface area (Å²) in [5.74, 6) is 2.12. The lowest BCUT2D eigenvalue weighted by atomic mass is 10.1. The van der Waals surface area contributed by atoms with Crippen LogP contribution < -0.4 is 5.73 Å². The van der Waals surface area contributed by atoms with Crippen molar-refractivity contribution in [2.24, 2.45) is 0 Å². The Hall–Kier alpha value is -1.76. The Bertz CT molecular complexity index is 602. The molecule has 1 fully saturated rings. The van der Waals surface area contributed by atoms with Crippen LogP contribution in [0.4, 0.5) is 5.69 Å². The Balaban J connectivity index is 1.95. The fourth-order valence-electron chi connectivity index (χ4n) is 2.34. The second-order valence-electron chi connectivity index (χ2n) is 4.61. The number of benzene rings is 1. The molecule has 3 rings (SSSR count). The topological polar surface area (TPSA) is 86.7 Å². The highest BCUT2D eigenvalue weighted by Crippen LogP contribution is 2.28. The minimum atomic E-state index is -0.685. The van der Waals surface area contributed by atoms with Crippen molar-refractivity contribution in [3.05, 3.63) is 24.3 Å². The summed E-state index contributed by atoms with van der Waals surface area (Å²) in [6, 6.07) is 7.77. The average molecular weight is 277 g/mol. The predicted molar refractivity (Wildman–Crippen MR) is 73.8 cm³/mol. The number of anilines is 1. The minimum absolute atomic E-state index is 0.210. The van der Waals surface area contributed by atoms with Gasteiger partial charge in [-0.1, -0.05) is 12.1 Å². The van der Waals surface area contributed by atoms with Crippen molar-refractivity contribution in [3.63, 3.8) is 0 Å². The molecule has 2 aromatic rings. The second kappa shape index (κ2) is 5.08. The number of hydrogen-bond acceptors (Lipinski definition) is 5. The Morgan fingerprint density at radius 1 is 1.26 bits per heavy atom. The van der Waals surface area contributed by atoms with Gasteiger partial charge in [0.2, 0.25) is 0 Å². The number of nitrogen functional groups attached to an aromatic ring is 1. The van der Waals surface area contributed by atoms with Crippen LogP contribution in [0, 0.1) is 0 Å². The third kappa shape index (κ3) is 2.37. The third-order valence-corrected chi connectivity index (χ3v) is 4.78. The molecule has 0 radical (unpaired) electrons. The predicted octanol–water partition coefficient (Wildman–Crippen LogP) is 1.01. The van der Waals surface area contributed by atoms with Crippen molar-refractivity contribution in [1.82, 2.24) is 20.2 Å². The molecular weight excluding hydrogens is 262 g/mol. The largest absolute Gasteiger partial charge is 0.398 e. The molecule has 0 atom stereocenters. The van der Waals surface area contributed by atoms with Crippen molar-refractivity contribution in [1.29, 1.82) is 0 Å². The normalized spacial score (nSPS) is 23.4. The molecule has 2 heterocycles. The molecule has 1 aliphatic rings. The molecule has 2 N–H and O–H groups in total. The Morgan fingerprint density at radius 2 is 2.00 bits per heavy atom. The van der Waals surface area contributed by atoms with Gasteiger partial charge in [0, 0.05) is 33.6 Å². The second-order valence-corrected chi connectivity index (χ2v) is 6.31. The van der Waals surface area contributed by atoms with Gasteiger partial charge in [0.15, 0.2) is 5.82 Å². The quantitative estimate of drug-likeness (QED) is 0.828. The number of nitrogens with zero attached hydrogens (tertiary/aromatic N) is 4. The fourth-order valence-corrected chi connectivity index (χ4v) is 3.62. The Labute approximate surface area is 113 Å². The smallest absolute Gasteiger partial charge is 0.184 e. The van der Waals surface area contributed by atoms with E-state index in [4.69, 9.17) is 5.73 Å². The summed E-state index contributed by atoms with van der Waals surface area (Å²) in [6.07, 6.45) is 1.69. The van der Waals surface area contributed by atoms with Crippen LogP contribution in [-0.2, 0) is 10.8 Å². The minimum Gasteiger partial charge on any atom is -0.398 e. The van der Waals surface area contributed by atoms with Gasteiger partial charge in [-0.05, 0) is 35.4 Å². The molecule has 0 unspecified atom stereocenters. The number of para-hydroxylation sites is 1. The van der Waals surface area contributed by atoms with Crippen LogP contribution in [0.2, 0.25) is 0 Å². The summed E-state index contributed by atoms with van der Waals surface area (Å²) in [4.78, 5) is 0. The van der Waals surface area contributed by atoms with Gasteiger partial charge < -0.3 is 5.73 Å². The highest BCUT2D eigenvalue weighted by molar-refractivity contribution is 7.85. The van der Waals surface area contributed by atoms with Crippen molar-refractivity contribution in [2.45, 2.75) is 18.9 Å². The van der Waals surface area contributed by atoms with E-state index in [1.807, 2.05) is 28.9 Å². The van der Waals surface area contributed by atoms with E-state index in [1.54, 1.807) is 0 Å². The highest BCUT2D eigenvalue weighted by atomic mass is 32.2. The molecule has 6 nitrogen and oxygen atoms in total. The van der Waals surface area contributed by atoms with Gasteiger partial charge >= 0.3 is 0 Å². The molecule has 0 bridgehead atoms. The average Bonchev–Trinajstić information content (AvgIpc) is 2.89. The molecule has 7 heteroatoms. The monoisotopic (exact) mass is 277 g/mol. The molecule has 1 saturated heterocycles. The first-order valence-corrected chi connectivity index (χ1v) is 7.72. The Morgan fingerprint density at radius 3 is 2.74 bits per heavy atom. The molecule has 0 aliphatic carbocycles. The first-order chi connectivity index (χ1) is 9.25. The number of tetrazole rings is 1. The van der Waals surface area contributed by atoms with Gasteiger partial charge in [-0.25, -0.2) is 4.68 Å². The van der Waals surface area contributed by atoms with E-state index in [9.17, 15) is 4.21 Å². The van der Waals surface area contributed by atoms with Gasteiger partial charge in [0.05, 0.1) is 6.04 Å². The maximum atomic E-state index is 11.4. The zero-order chi connectivity index (χ0) is 13.2. The van der Waals surface area contributed by atoms with Crippen LogP contribution in [0.15, 0.2) is 24.3 Å².